The third-order valence-corrected chi connectivity index (χ3v) is 2.13. The van der Waals surface area contributed by atoms with Crippen molar-refractivity contribution in [3.05, 3.63) is 17.8 Å². The molecule has 2 heterocycles. The summed E-state index contributed by atoms with van der Waals surface area (Å²) in [4.78, 5) is 4.26. The van der Waals surface area contributed by atoms with E-state index in [1.54, 1.807) is 0 Å². The summed E-state index contributed by atoms with van der Waals surface area (Å²) in [5.41, 5.74) is 2.40. The molecular formula is C9H13N3. The van der Waals surface area contributed by atoms with Crippen LogP contribution >= 0.6 is 0 Å². The van der Waals surface area contributed by atoms with Gasteiger partial charge >= 0.3 is 0 Å². The van der Waals surface area contributed by atoms with E-state index in [1.165, 1.54) is 5.56 Å². The van der Waals surface area contributed by atoms with Crippen molar-refractivity contribution in [2.45, 2.75) is 19.9 Å². The molecule has 0 saturated carbocycles. The molecule has 0 amide bonds. The molecule has 0 spiro atoms. The van der Waals surface area contributed by atoms with Gasteiger partial charge in [-0.05, 0) is 25.5 Å². The Labute approximate surface area is 72.2 Å². The minimum absolute atomic E-state index is 0.465. The summed E-state index contributed by atoms with van der Waals surface area (Å²) >= 11 is 0. The van der Waals surface area contributed by atoms with Gasteiger partial charge in [0.25, 0.3) is 0 Å². The molecule has 1 aromatic heterocycles. The molecule has 1 aliphatic heterocycles. The fraction of sp³-hybridized carbons (Fsp3) is 0.444. The Morgan fingerprint density at radius 3 is 3.25 bits per heavy atom. The number of rotatable bonds is 0. The summed E-state index contributed by atoms with van der Waals surface area (Å²) in [7, 11) is 0. The van der Waals surface area contributed by atoms with Crippen LogP contribution in [0.4, 0.5) is 11.5 Å². The third-order valence-electron chi connectivity index (χ3n) is 2.13. The van der Waals surface area contributed by atoms with E-state index in [4.69, 9.17) is 0 Å². The lowest BCUT2D eigenvalue weighted by Crippen LogP contribution is -2.31. The maximum Gasteiger partial charge on any atom is 0.149 e. The van der Waals surface area contributed by atoms with Crippen molar-refractivity contribution in [3.63, 3.8) is 0 Å². The Hall–Kier alpha value is -1.25. The van der Waals surface area contributed by atoms with Crippen LogP contribution in [0.1, 0.15) is 12.5 Å². The average Bonchev–Trinajstić information content (AvgIpc) is 2.04. The molecule has 2 N–H and O–H groups in total. The normalized spacial score (nSPS) is 20.7. The smallest absolute Gasteiger partial charge is 0.149 e. The second-order valence-electron chi connectivity index (χ2n) is 3.28. The van der Waals surface area contributed by atoms with Crippen LogP contribution in [0.15, 0.2) is 12.3 Å². The maximum atomic E-state index is 4.26. The molecule has 12 heavy (non-hydrogen) atoms. The van der Waals surface area contributed by atoms with Gasteiger partial charge < -0.3 is 10.6 Å². The van der Waals surface area contributed by atoms with E-state index >= 15 is 0 Å². The lowest BCUT2D eigenvalue weighted by Gasteiger charge is -2.25. The summed E-state index contributed by atoms with van der Waals surface area (Å²) < 4.78 is 0. The summed E-state index contributed by atoms with van der Waals surface area (Å²) in [5.74, 6) is 0.980. The highest BCUT2D eigenvalue weighted by molar-refractivity contribution is 5.70. The quantitative estimate of drug-likeness (QED) is 0.610. The molecule has 0 radical (unpaired) electrons. The van der Waals surface area contributed by atoms with Crippen LogP contribution in [-0.4, -0.2) is 17.6 Å². The number of fused-ring (bicyclic) bond motifs is 1. The molecule has 3 nitrogen and oxygen atoms in total. The van der Waals surface area contributed by atoms with Crippen molar-refractivity contribution < 1.29 is 0 Å². The first-order chi connectivity index (χ1) is 5.77. The fourth-order valence-corrected chi connectivity index (χ4v) is 1.43. The van der Waals surface area contributed by atoms with Gasteiger partial charge in [0.2, 0.25) is 0 Å². The van der Waals surface area contributed by atoms with Gasteiger partial charge in [-0.2, -0.15) is 0 Å². The van der Waals surface area contributed by atoms with Crippen LogP contribution in [-0.2, 0) is 0 Å². The Balaban J connectivity index is 2.42. The Morgan fingerprint density at radius 2 is 2.42 bits per heavy atom. The van der Waals surface area contributed by atoms with E-state index in [9.17, 15) is 0 Å². The van der Waals surface area contributed by atoms with Crippen molar-refractivity contribution in [1.29, 1.82) is 0 Å². The van der Waals surface area contributed by atoms with Gasteiger partial charge in [-0.25, -0.2) is 4.98 Å². The van der Waals surface area contributed by atoms with E-state index in [2.05, 4.69) is 29.5 Å². The number of hydrogen-bond donors (Lipinski definition) is 2. The van der Waals surface area contributed by atoms with Crippen molar-refractivity contribution in [2.24, 2.45) is 0 Å². The van der Waals surface area contributed by atoms with Gasteiger partial charge in [-0.15, -0.1) is 0 Å². The Morgan fingerprint density at radius 1 is 1.58 bits per heavy atom. The first-order valence-corrected chi connectivity index (χ1v) is 4.23. The highest BCUT2D eigenvalue weighted by Crippen LogP contribution is 2.26. The zero-order valence-electron chi connectivity index (χ0n) is 7.39. The predicted molar refractivity (Wildman–Crippen MR) is 50.5 cm³/mol. The molecule has 1 unspecified atom stereocenters. The molecule has 64 valence electrons. The molecule has 3 heteroatoms. The fourth-order valence-electron chi connectivity index (χ4n) is 1.43. The van der Waals surface area contributed by atoms with E-state index in [0.29, 0.717) is 6.04 Å². The van der Waals surface area contributed by atoms with Crippen molar-refractivity contribution in [3.8, 4) is 0 Å². The van der Waals surface area contributed by atoms with Crippen LogP contribution in [0.2, 0.25) is 0 Å². The molecule has 0 bridgehead atoms. The van der Waals surface area contributed by atoms with Crippen LogP contribution < -0.4 is 10.6 Å². The molecule has 1 aromatic rings. The zero-order valence-corrected chi connectivity index (χ0v) is 7.39. The average molecular weight is 163 g/mol. The maximum absolute atomic E-state index is 4.26. The largest absolute Gasteiger partial charge is 0.380 e. The highest BCUT2D eigenvalue weighted by Gasteiger charge is 2.14. The highest BCUT2D eigenvalue weighted by atomic mass is 15.1. The first-order valence-electron chi connectivity index (χ1n) is 4.23. The van der Waals surface area contributed by atoms with Gasteiger partial charge in [0, 0.05) is 18.8 Å². The van der Waals surface area contributed by atoms with Crippen molar-refractivity contribution in [2.75, 3.05) is 17.2 Å². The first kappa shape index (κ1) is 7.40. The molecule has 0 aliphatic carbocycles. The van der Waals surface area contributed by atoms with E-state index in [1.807, 2.05) is 12.3 Å². The van der Waals surface area contributed by atoms with Gasteiger partial charge in [0.1, 0.15) is 5.82 Å². The number of aryl methyl sites for hydroxylation is 1. The second-order valence-corrected chi connectivity index (χ2v) is 3.28. The van der Waals surface area contributed by atoms with Gasteiger partial charge in [-0.1, -0.05) is 0 Å². The van der Waals surface area contributed by atoms with Crippen molar-refractivity contribution in [1.82, 2.24) is 4.98 Å². The number of anilines is 2. The van der Waals surface area contributed by atoms with Crippen LogP contribution in [0.5, 0.6) is 0 Å². The van der Waals surface area contributed by atoms with Gasteiger partial charge in [0.05, 0.1) is 5.69 Å². The third kappa shape index (κ3) is 1.11. The lowest BCUT2D eigenvalue weighted by atomic mass is 10.2. The lowest BCUT2D eigenvalue weighted by molar-refractivity contribution is 0.806. The summed E-state index contributed by atoms with van der Waals surface area (Å²) in [6.45, 7) is 5.20. The monoisotopic (exact) mass is 163 g/mol. The standard InChI is InChI=1S/C9H13N3/c1-6-3-4-10-9-8(6)11-5-7(2)12-9/h3-4,7,11H,5H2,1-2H3,(H,10,12). The number of pyridine rings is 1. The molecular weight excluding hydrogens is 150 g/mol. The van der Waals surface area contributed by atoms with E-state index in [-0.39, 0.29) is 0 Å². The summed E-state index contributed by atoms with van der Waals surface area (Å²) in [6, 6.07) is 2.48. The number of nitrogens with zero attached hydrogens (tertiary/aromatic N) is 1. The van der Waals surface area contributed by atoms with Crippen LogP contribution in [0, 0.1) is 6.92 Å². The molecule has 1 aliphatic rings. The predicted octanol–water partition coefficient (Wildman–Crippen LogP) is 1.62. The Bertz CT molecular complexity index is 296. The molecule has 0 aromatic carbocycles. The molecule has 0 saturated heterocycles. The molecule has 0 fully saturated rings. The van der Waals surface area contributed by atoms with E-state index < -0.39 is 0 Å². The number of aromatic nitrogens is 1. The number of nitrogens with one attached hydrogen (secondary N) is 2. The summed E-state index contributed by atoms with van der Waals surface area (Å²) in [6.07, 6.45) is 1.83. The minimum atomic E-state index is 0.465. The number of hydrogen-bond acceptors (Lipinski definition) is 3. The van der Waals surface area contributed by atoms with Gasteiger partial charge in [-0.3, -0.25) is 0 Å². The molecule has 2 rings (SSSR count). The topological polar surface area (TPSA) is 37.0 Å². The van der Waals surface area contributed by atoms with E-state index in [0.717, 1.165) is 18.1 Å². The zero-order chi connectivity index (χ0) is 8.55. The minimum Gasteiger partial charge on any atom is -0.380 e. The van der Waals surface area contributed by atoms with Crippen LogP contribution in [0.3, 0.4) is 0 Å². The Kier molecular flexibility index (Phi) is 1.64. The van der Waals surface area contributed by atoms with Gasteiger partial charge in [0.15, 0.2) is 0 Å². The van der Waals surface area contributed by atoms with Crippen molar-refractivity contribution >= 4 is 11.5 Å². The van der Waals surface area contributed by atoms with Crippen LogP contribution in [0.25, 0.3) is 0 Å². The second kappa shape index (κ2) is 2.66. The summed E-state index contributed by atoms with van der Waals surface area (Å²) in [5, 5.41) is 6.68. The SMILES string of the molecule is Cc1ccnc2c1NCC(C)N2. The molecule has 1 atom stereocenters.